The van der Waals surface area contributed by atoms with Gasteiger partial charge in [0, 0.05) is 25.0 Å². The Kier molecular flexibility index (Phi) is 5.55. The van der Waals surface area contributed by atoms with E-state index >= 15 is 0 Å². The van der Waals surface area contributed by atoms with Gasteiger partial charge in [-0.15, -0.1) is 0 Å². The SMILES string of the molecule is N#Cc1ccc(S(=O)(=O)N2CCC(C(=O)NC3CCS(=O)(=O)C3)CC2)cc1. The van der Waals surface area contributed by atoms with Gasteiger partial charge in [0.15, 0.2) is 9.84 Å². The van der Waals surface area contributed by atoms with Crippen molar-refractivity contribution in [3.63, 3.8) is 0 Å². The number of benzene rings is 1. The van der Waals surface area contributed by atoms with Gasteiger partial charge >= 0.3 is 0 Å². The molecule has 2 aliphatic heterocycles. The van der Waals surface area contributed by atoms with E-state index in [-0.39, 0.29) is 47.4 Å². The molecule has 2 aliphatic rings. The van der Waals surface area contributed by atoms with E-state index < -0.39 is 19.9 Å². The lowest BCUT2D eigenvalue weighted by molar-refractivity contribution is -0.126. The highest BCUT2D eigenvalue weighted by atomic mass is 32.2. The summed E-state index contributed by atoms with van der Waals surface area (Å²) in [5.74, 6) is -0.447. The first-order chi connectivity index (χ1) is 12.7. The molecule has 2 fully saturated rings. The number of nitriles is 1. The lowest BCUT2D eigenvalue weighted by Gasteiger charge is -2.31. The van der Waals surface area contributed by atoms with Gasteiger partial charge in [-0.25, -0.2) is 16.8 Å². The summed E-state index contributed by atoms with van der Waals surface area (Å²) in [5, 5.41) is 11.6. The van der Waals surface area contributed by atoms with Gasteiger partial charge in [-0.05, 0) is 43.5 Å². The maximum atomic E-state index is 12.7. The van der Waals surface area contributed by atoms with Crippen LogP contribution in [-0.2, 0) is 24.7 Å². The second kappa shape index (κ2) is 7.58. The molecule has 10 heteroatoms. The fourth-order valence-electron chi connectivity index (χ4n) is 3.44. The molecular weight excluding hydrogens is 390 g/mol. The van der Waals surface area contributed by atoms with Crippen molar-refractivity contribution < 1.29 is 21.6 Å². The Labute approximate surface area is 159 Å². The van der Waals surface area contributed by atoms with E-state index in [9.17, 15) is 21.6 Å². The van der Waals surface area contributed by atoms with Gasteiger partial charge in [0.1, 0.15) is 0 Å². The molecule has 2 heterocycles. The zero-order chi connectivity index (χ0) is 19.7. The molecule has 1 aromatic rings. The van der Waals surface area contributed by atoms with Crippen molar-refractivity contribution in [3.8, 4) is 6.07 Å². The summed E-state index contributed by atoms with van der Waals surface area (Å²) >= 11 is 0. The van der Waals surface area contributed by atoms with Crippen LogP contribution in [0.15, 0.2) is 29.2 Å². The summed E-state index contributed by atoms with van der Waals surface area (Å²) in [6.45, 7) is 0.451. The van der Waals surface area contributed by atoms with Crippen molar-refractivity contribution in [2.24, 2.45) is 5.92 Å². The molecule has 0 aromatic heterocycles. The topological polar surface area (TPSA) is 124 Å². The van der Waals surface area contributed by atoms with Crippen LogP contribution < -0.4 is 5.32 Å². The monoisotopic (exact) mass is 411 g/mol. The number of piperidine rings is 1. The van der Waals surface area contributed by atoms with Gasteiger partial charge in [0.05, 0.1) is 28.0 Å². The van der Waals surface area contributed by atoms with Crippen LogP contribution in [0.3, 0.4) is 0 Å². The number of carbonyl (C=O) groups excluding carboxylic acids is 1. The maximum Gasteiger partial charge on any atom is 0.243 e. The van der Waals surface area contributed by atoms with Crippen LogP contribution in [0.5, 0.6) is 0 Å². The number of nitrogens with zero attached hydrogens (tertiary/aromatic N) is 2. The van der Waals surface area contributed by atoms with E-state index in [2.05, 4.69) is 5.32 Å². The largest absolute Gasteiger partial charge is 0.352 e. The van der Waals surface area contributed by atoms with Crippen LogP contribution in [0.1, 0.15) is 24.8 Å². The molecule has 0 spiro atoms. The zero-order valence-corrected chi connectivity index (χ0v) is 16.3. The Balaban J connectivity index is 1.57. The normalized spacial score (nSPS) is 23.6. The fourth-order valence-corrected chi connectivity index (χ4v) is 6.58. The van der Waals surface area contributed by atoms with E-state index in [1.807, 2.05) is 6.07 Å². The second-order valence-corrected chi connectivity index (χ2v) is 11.1. The molecule has 27 heavy (non-hydrogen) atoms. The Hall–Kier alpha value is -1.96. The van der Waals surface area contributed by atoms with Crippen molar-refractivity contribution in [3.05, 3.63) is 29.8 Å². The highest BCUT2D eigenvalue weighted by Gasteiger charge is 2.34. The molecule has 0 saturated carbocycles. The van der Waals surface area contributed by atoms with Gasteiger partial charge in [0.25, 0.3) is 0 Å². The quantitative estimate of drug-likeness (QED) is 0.758. The van der Waals surface area contributed by atoms with Crippen molar-refractivity contribution in [1.29, 1.82) is 5.26 Å². The van der Waals surface area contributed by atoms with Gasteiger partial charge in [-0.3, -0.25) is 4.79 Å². The summed E-state index contributed by atoms with van der Waals surface area (Å²) in [7, 11) is -6.72. The lowest BCUT2D eigenvalue weighted by Crippen LogP contribution is -2.45. The van der Waals surface area contributed by atoms with Crippen molar-refractivity contribution in [1.82, 2.24) is 9.62 Å². The standard InChI is InChI=1S/C17H21N3O5S2/c18-11-13-1-3-16(4-2-13)27(24,25)20-8-5-14(6-9-20)17(21)19-15-7-10-26(22,23)12-15/h1-4,14-15H,5-10,12H2,(H,19,21). The molecule has 2 saturated heterocycles. The van der Waals surface area contributed by atoms with Crippen LogP contribution in [0.2, 0.25) is 0 Å². The van der Waals surface area contributed by atoms with Gasteiger partial charge in [-0.2, -0.15) is 9.57 Å². The maximum absolute atomic E-state index is 12.7. The third kappa shape index (κ3) is 4.48. The van der Waals surface area contributed by atoms with E-state index in [1.54, 1.807) is 0 Å². The molecule has 0 aliphatic carbocycles. The molecule has 1 aromatic carbocycles. The van der Waals surface area contributed by atoms with E-state index in [4.69, 9.17) is 5.26 Å². The van der Waals surface area contributed by atoms with Gasteiger partial charge < -0.3 is 5.32 Å². The predicted molar refractivity (Wildman–Crippen MR) is 97.8 cm³/mol. The third-order valence-corrected chi connectivity index (χ3v) is 8.71. The molecule has 8 nitrogen and oxygen atoms in total. The molecule has 0 radical (unpaired) electrons. The minimum Gasteiger partial charge on any atom is -0.352 e. The zero-order valence-electron chi connectivity index (χ0n) is 14.7. The molecule has 1 atom stereocenters. The number of sulfone groups is 1. The number of rotatable bonds is 4. The number of hydrogen-bond donors (Lipinski definition) is 1. The molecule has 1 unspecified atom stereocenters. The minimum atomic E-state index is -3.66. The van der Waals surface area contributed by atoms with E-state index in [0.717, 1.165) is 0 Å². The summed E-state index contributed by atoms with van der Waals surface area (Å²) < 4.78 is 49.7. The Morgan fingerprint density at radius 3 is 2.30 bits per heavy atom. The van der Waals surface area contributed by atoms with Crippen molar-refractivity contribution in [2.75, 3.05) is 24.6 Å². The summed E-state index contributed by atoms with van der Waals surface area (Å²) in [4.78, 5) is 12.5. The molecule has 146 valence electrons. The minimum absolute atomic E-state index is 0.0232. The molecular formula is C17H21N3O5S2. The van der Waals surface area contributed by atoms with E-state index in [1.165, 1.54) is 28.6 Å². The average molecular weight is 412 g/mol. The van der Waals surface area contributed by atoms with Gasteiger partial charge in [0.2, 0.25) is 15.9 Å². The van der Waals surface area contributed by atoms with Crippen LogP contribution >= 0.6 is 0 Å². The van der Waals surface area contributed by atoms with Gasteiger partial charge in [-0.1, -0.05) is 0 Å². The number of hydrogen-bond acceptors (Lipinski definition) is 6. The Morgan fingerprint density at radius 2 is 1.78 bits per heavy atom. The van der Waals surface area contributed by atoms with E-state index in [0.29, 0.717) is 24.8 Å². The average Bonchev–Trinajstić information content (AvgIpc) is 3.00. The molecule has 3 rings (SSSR count). The Bertz CT molecular complexity index is 957. The first-order valence-corrected chi connectivity index (χ1v) is 12.0. The highest BCUT2D eigenvalue weighted by Crippen LogP contribution is 2.24. The Morgan fingerprint density at radius 1 is 1.15 bits per heavy atom. The third-order valence-electron chi connectivity index (χ3n) is 5.02. The smallest absolute Gasteiger partial charge is 0.243 e. The molecule has 1 amide bonds. The first kappa shape index (κ1) is 19.8. The highest BCUT2D eigenvalue weighted by molar-refractivity contribution is 7.91. The number of carbonyl (C=O) groups is 1. The summed E-state index contributed by atoms with van der Waals surface area (Å²) in [6.07, 6.45) is 1.21. The van der Waals surface area contributed by atoms with Crippen molar-refractivity contribution >= 4 is 25.8 Å². The van der Waals surface area contributed by atoms with Crippen LogP contribution in [0, 0.1) is 17.2 Å². The lowest BCUT2D eigenvalue weighted by atomic mass is 9.97. The number of nitrogens with one attached hydrogen (secondary N) is 1. The van der Waals surface area contributed by atoms with Crippen molar-refractivity contribution in [2.45, 2.75) is 30.2 Å². The summed E-state index contributed by atoms with van der Waals surface area (Å²) in [5.41, 5.74) is 0.387. The molecule has 1 N–H and O–H groups in total. The van der Waals surface area contributed by atoms with Crippen LogP contribution in [0.25, 0.3) is 0 Å². The second-order valence-electron chi connectivity index (χ2n) is 6.92. The van der Waals surface area contributed by atoms with Crippen LogP contribution in [-0.4, -0.2) is 57.7 Å². The summed E-state index contributed by atoms with van der Waals surface area (Å²) in [6, 6.07) is 7.34. The first-order valence-electron chi connectivity index (χ1n) is 8.72. The van der Waals surface area contributed by atoms with Crippen LogP contribution in [0.4, 0.5) is 0 Å². The number of sulfonamides is 1. The molecule has 0 bridgehead atoms. The number of amides is 1. The predicted octanol–water partition coefficient (Wildman–Crippen LogP) is 0.262. The fraction of sp³-hybridized carbons (Fsp3) is 0.529.